The maximum Gasteiger partial charge on any atom is 0.410 e. The van der Waals surface area contributed by atoms with Crippen molar-refractivity contribution in [3.63, 3.8) is 0 Å². The molecule has 3 amide bonds. The molecular formula is C36H44N6O4. The van der Waals surface area contributed by atoms with Crippen LogP contribution in [0.3, 0.4) is 0 Å². The van der Waals surface area contributed by atoms with Gasteiger partial charge in [0.15, 0.2) is 11.5 Å². The van der Waals surface area contributed by atoms with E-state index in [1.54, 1.807) is 21.8 Å². The molecule has 46 heavy (non-hydrogen) atoms. The lowest BCUT2D eigenvalue weighted by Gasteiger charge is -2.34. The van der Waals surface area contributed by atoms with Crippen molar-refractivity contribution < 1.29 is 19.1 Å². The number of anilines is 1. The fraction of sp³-hybridized carbons (Fsp3) is 0.444. The van der Waals surface area contributed by atoms with Gasteiger partial charge >= 0.3 is 6.09 Å². The Hall–Kier alpha value is -4.60. The molecule has 1 aromatic carbocycles. The van der Waals surface area contributed by atoms with Crippen LogP contribution in [0.15, 0.2) is 54.9 Å². The van der Waals surface area contributed by atoms with E-state index in [2.05, 4.69) is 5.10 Å². The number of nitrogens with zero attached hydrogens (tertiary/aromatic N) is 6. The van der Waals surface area contributed by atoms with Crippen LogP contribution in [0.5, 0.6) is 0 Å². The standard InChI is InChI=1S/C36H44N6O4/c1-22(2)40(35(45)46-36(6,7)8)23(3)14-18-31-32(27-15-16-27)34(41(24(4)43)25(5)44)42-33(39-31)29(21-38-42)28-17-19-30(37-20-28)26-12-10-9-11-13-26/h9-13,17,19-23,27H,14-16,18H2,1-8H3/t23-/m1/s1. The molecule has 3 heterocycles. The topological polar surface area (TPSA) is 110 Å². The second-order valence-electron chi connectivity index (χ2n) is 13.4. The summed E-state index contributed by atoms with van der Waals surface area (Å²) in [6.07, 6.45) is 6.16. The Kier molecular flexibility index (Phi) is 9.28. The van der Waals surface area contributed by atoms with Gasteiger partial charge in [-0.25, -0.2) is 14.7 Å². The molecule has 4 aromatic rings. The predicted molar refractivity (Wildman–Crippen MR) is 178 cm³/mol. The second-order valence-corrected chi connectivity index (χ2v) is 13.4. The Morgan fingerprint density at radius 2 is 1.63 bits per heavy atom. The number of hydrogen-bond donors (Lipinski definition) is 0. The van der Waals surface area contributed by atoms with E-state index in [0.29, 0.717) is 24.3 Å². The van der Waals surface area contributed by atoms with Gasteiger partial charge in [-0.3, -0.25) is 14.6 Å². The zero-order valence-electron chi connectivity index (χ0n) is 28.1. The Morgan fingerprint density at radius 3 is 2.17 bits per heavy atom. The number of imide groups is 1. The van der Waals surface area contributed by atoms with E-state index in [9.17, 15) is 14.4 Å². The Bertz CT molecular complexity index is 1720. The van der Waals surface area contributed by atoms with Crippen molar-refractivity contribution in [3.8, 4) is 22.4 Å². The monoisotopic (exact) mass is 624 g/mol. The Labute approximate surface area is 270 Å². The van der Waals surface area contributed by atoms with E-state index in [-0.39, 0.29) is 35.9 Å². The highest BCUT2D eigenvalue weighted by Crippen LogP contribution is 2.47. The molecule has 1 fully saturated rings. The van der Waals surface area contributed by atoms with E-state index < -0.39 is 5.60 Å². The van der Waals surface area contributed by atoms with Crippen LogP contribution in [0, 0.1) is 0 Å². The van der Waals surface area contributed by atoms with Crippen LogP contribution < -0.4 is 4.90 Å². The molecule has 0 radical (unpaired) electrons. The van der Waals surface area contributed by atoms with E-state index in [1.807, 2.05) is 84.0 Å². The third-order valence-corrected chi connectivity index (χ3v) is 8.14. The van der Waals surface area contributed by atoms with Crippen LogP contribution in [0.1, 0.15) is 91.8 Å². The number of carbonyl (C=O) groups is 3. The average molecular weight is 625 g/mol. The normalized spacial score (nSPS) is 13.9. The first-order chi connectivity index (χ1) is 21.8. The molecule has 10 heteroatoms. The number of rotatable bonds is 9. The molecule has 1 atom stereocenters. The van der Waals surface area contributed by atoms with Crippen LogP contribution in [-0.2, 0) is 20.7 Å². The van der Waals surface area contributed by atoms with Crippen molar-refractivity contribution in [2.75, 3.05) is 4.90 Å². The van der Waals surface area contributed by atoms with Gasteiger partial charge in [-0.1, -0.05) is 36.4 Å². The number of pyridine rings is 1. The van der Waals surface area contributed by atoms with Crippen LogP contribution >= 0.6 is 0 Å². The lowest BCUT2D eigenvalue weighted by Crippen LogP contribution is -2.46. The van der Waals surface area contributed by atoms with Gasteiger partial charge in [0, 0.05) is 54.4 Å². The number of benzene rings is 1. The molecule has 0 unspecified atom stereocenters. The van der Waals surface area contributed by atoms with Crippen molar-refractivity contribution in [1.82, 2.24) is 24.5 Å². The molecule has 1 saturated carbocycles. The van der Waals surface area contributed by atoms with Gasteiger partial charge in [0.1, 0.15) is 5.60 Å². The van der Waals surface area contributed by atoms with Crippen molar-refractivity contribution >= 4 is 29.4 Å². The van der Waals surface area contributed by atoms with E-state index in [0.717, 1.165) is 46.5 Å². The summed E-state index contributed by atoms with van der Waals surface area (Å²) in [5.74, 6) is -0.167. The molecule has 0 bridgehead atoms. The molecule has 1 aliphatic carbocycles. The van der Waals surface area contributed by atoms with E-state index >= 15 is 0 Å². The van der Waals surface area contributed by atoms with E-state index in [1.165, 1.54) is 18.7 Å². The second kappa shape index (κ2) is 13.0. The lowest BCUT2D eigenvalue weighted by molar-refractivity contribution is -0.124. The summed E-state index contributed by atoms with van der Waals surface area (Å²) >= 11 is 0. The molecule has 0 aliphatic heterocycles. The van der Waals surface area contributed by atoms with Crippen molar-refractivity contribution in [3.05, 3.63) is 66.1 Å². The number of aromatic nitrogens is 4. The third-order valence-electron chi connectivity index (χ3n) is 8.14. The maximum absolute atomic E-state index is 13.2. The van der Waals surface area contributed by atoms with Gasteiger partial charge in [0.25, 0.3) is 0 Å². The highest BCUT2D eigenvalue weighted by atomic mass is 16.6. The summed E-state index contributed by atoms with van der Waals surface area (Å²) in [4.78, 5) is 52.0. The first-order valence-electron chi connectivity index (χ1n) is 16.0. The maximum atomic E-state index is 13.2. The van der Waals surface area contributed by atoms with Gasteiger partial charge in [-0.2, -0.15) is 9.61 Å². The van der Waals surface area contributed by atoms with Crippen LogP contribution in [0.2, 0.25) is 0 Å². The largest absolute Gasteiger partial charge is 0.444 e. The van der Waals surface area contributed by atoms with Gasteiger partial charge in [-0.15, -0.1) is 0 Å². The molecule has 5 rings (SSSR count). The fourth-order valence-electron chi connectivity index (χ4n) is 5.99. The summed E-state index contributed by atoms with van der Waals surface area (Å²) in [6.45, 7) is 14.3. The van der Waals surface area contributed by atoms with Crippen LogP contribution in [0.25, 0.3) is 28.0 Å². The smallest absolute Gasteiger partial charge is 0.410 e. The summed E-state index contributed by atoms with van der Waals surface area (Å²) in [5.41, 5.74) is 5.02. The van der Waals surface area contributed by atoms with Crippen molar-refractivity contribution in [1.29, 1.82) is 0 Å². The average Bonchev–Trinajstić information content (AvgIpc) is 3.73. The highest BCUT2D eigenvalue weighted by Gasteiger charge is 2.37. The predicted octanol–water partition coefficient (Wildman–Crippen LogP) is 7.20. The van der Waals surface area contributed by atoms with Crippen molar-refractivity contribution in [2.45, 2.75) is 105 Å². The zero-order valence-corrected chi connectivity index (χ0v) is 28.1. The number of ether oxygens (including phenoxy) is 1. The molecule has 0 spiro atoms. The zero-order chi connectivity index (χ0) is 33.3. The minimum absolute atomic E-state index is 0.0718. The first-order valence-corrected chi connectivity index (χ1v) is 16.0. The van der Waals surface area contributed by atoms with Gasteiger partial charge < -0.3 is 9.64 Å². The summed E-state index contributed by atoms with van der Waals surface area (Å²) in [6, 6.07) is 13.7. The first kappa shape index (κ1) is 32.8. The molecule has 0 saturated heterocycles. The summed E-state index contributed by atoms with van der Waals surface area (Å²) in [5, 5.41) is 4.69. The Balaban J connectivity index is 1.59. The lowest BCUT2D eigenvalue weighted by atomic mass is 10.0. The minimum Gasteiger partial charge on any atom is -0.444 e. The highest BCUT2D eigenvalue weighted by molar-refractivity contribution is 6.13. The SMILES string of the molecule is CC(=O)N(C(C)=O)c1c(C2CC2)c(CC[C@@H](C)N(C(=O)OC(C)(C)C)C(C)C)nc2c(-c3ccc(-c4ccccc4)nc3)cnn12. The summed E-state index contributed by atoms with van der Waals surface area (Å²) < 4.78 is 7.36. The fourth-order valence-corrected chi connectivity index (χ4v) is 5.99. The van der Waals surface area contributed by atoms with Crippen LogP contribution in [0.4, 0.5) is 10.6 Å². The van der Waals surface area contributed by atoms with E-state index in [4.69, 9.17) is 14.7 Å². The van der Waals surface area contributed by atoms with Gasteiger partial charge in [0.05, 0.1) is 17.6 Å². The number of hydrogen-bond acceptors (Lipinski definition) is 7. The molecule has 0 N–H and O–H groups in total. The molecule has 10 nitrogen and oxygen atoms in total. The number of aryl methyl sites for hydroxylation is 1. The quantitative estimate of drug-likeness (QED) is 0.194. The Morgan fingerprint density at radius 1 is 0.957 bits per heavy atom. The minimum atomic E-state index is -0.611. The molecular weight excluding hydrogens is 580 g/mol. The summed E-state index contributed by atoms with van der Waals surface area (Å²) in [7, 11) is 0. The number of amides is 3. The van der Waals surface area contributed by atoms with Gasteiger partial charge in [-0.05, 0) is 79.2 Å². The number of fused-ring (bicyclic) bond motifs is 1. The third kappa shape index (κ3) is 6.95. The van der Waals surface area contributed by atoms with Gasteiger partial charge in [0.2, 0.25) is 11.8 Å². The molecule has 1 aliphatic rings. The van der Waals surface area contributed by atoms with Crippen molar-refractivity contribution in [2.24, 2.45) is 0 Å². The van der Waals surface area contributed by atoms with Crippen LogP contribution in [-0.4, -0.2) is 60.1 Å². The molecule has 242 valence electrons. The molecule has 3 aromatic heterocycles. The number of carbonyl (C=O) groups excluding carboxylic acids is 3.